The number of fused-ring (bicyclic) bond motifs is 1. The lowest BCUT2D eigenvalue weighted by molar-refractivity contribution is 0.543. The van der Waals surface area contributed by atoms with Crippen LogP contribution < -0.4 is 11.2 Å². The second-order valence-corrected chi connectivity index (χ2v) is 2.34. The fourth-order valence-electron chi connectivity index (χ4n) is 1.02. The van der Waals surface area contributed by atoms with Gasteiger partial charge in [0.25, 0.3) is 5.56 Å². The molecular formula is C6H4N4O3. The van der Waals surface area contributed by atoms with Gasteiger partial charge in [0.2, 0.25) is 6.41 Å². The average molecular weight is 180 g/mol. The largest absolute Gasteiger partial charge is 0.339 e. The molecule has 0 atom stereocenters. The van der Waals surface area contributed by atoms with Crippen LogP contribution in [0.1, 0.15) is 0 Å². The zero-order valence-corrected chi connectivity index (χ0v) is 6.27. The van der Waals surface area contributed by atoms with E-state index in [0.29, 0.717) is 4.57 Å². The Morgan fingerprint density at radius 3 is 2.92 bits per heavy atom. The van der Waals surface area contributed by atoms with Gasteiger partial charge in [0.05, 0.1) is 6.33 Å². The van der Waals surface area contributed by atoms with Crippen LogP contribution in [0.15, 0.2) is 15.9 Å². The van der Waals surface area contributed by atoms with E-state index in [1.165, 1.54) is 6.33 Å². The highest BCUT2D eigenvalue weighted by Crippen LogP contribution is 1.93. The van der Waals surface area contributed by atoms with Crippen LogP contribution in [0.25, 0.3) is 11.2 Å². The van der Waals surface area contributed by atoms with E-state index >= 15 is 0 Å². The molecule has 0 fully saturated rings. The molecule has 0 spiro atoms. The number of H-pyrrole nitrogens is 2. The van der Waals surface area contributed by atoms with Crippen molar-refractivity contribution in [3.63, 3.8) is 0 Å². The molecule has 2 aromatic rings. The molecule has 7 heteroatoms. The molecule has 0 saturated heterocycles. The first-order valence-electron chi connectivity index (χ1n) is 3.37. The molecule has 0 radical (unpaired) electrons. The zero-order chi connectivity index (χ0) is 9.42. The van der Waals surface area contributed by atoms with Crippen LogP contribution >= 0.6 is 0 Å². The number of hydrogen-bond donors (Lipinski definition) is 2. The number of aromatic amines is 2. The van der Waals surface area contributed by atoms with Crippen molar-refractivity contribution < 1.29 is 4.79 Å². The molecule has 0 bridgehead atoms. The first-order chi connectivity index (χ1) is 6.24. The van der Waals surface area contributed by atoms with E-state index in [-0.39, 0.29) is 17.6 Å². The van der Waals surface area contributed by atoms with Gasteiger partial charge in [-0.3, -0.25) is 14.6 Å². The number of nitrogens with one attached hydrogen (secondary N) is 2. The SMILES string of the molecule is O=Cn1c(=O)[nH]c2nc[nH]c2c1=O. The second kappa shape index (κ2) is 2.41. The highest BCUT2D eigenvalue weighted by atomic mass is 16.2. The Kier molecular flexibility index (Phi) is 1.38. The van der Waals surface area contributed by atoms with Crippen molar-refractivity contribution in [2.24, 2.45) is 0 Å². The van der Waals surface area contributed by atoms with Gasteiger partial charge in [-0.15, -0.1) is 0 Å². The molecule has 0 aliphatic carbocycles. The minimum atomic E-state index is -0.792. The monoisotopic (exact) mass is 180 g/mol. The fourth-order valence-corrected chi connectivity index (χ4v) is 1.02. The second-order valence-electron chi connectivity index (χ2n) is 2.34. The van der Waals surface area contributed by atoms with E-state index in [9.17, 15) is 14.4 Å². The van der Waals surface area contributed by atoms with E-state index in [1.807, 2.05) is 0 Å². The molecule has 0 unspecified atom stereocenters. The molecule has 0 aliphatic rings. The quantitative estimate of drug-likeness (QED) is 0.519. The number of aromatic nitrogens is 4. The fraction of sp³-hybridized carbons (Fsp3) is 0. The van der Waals surface area contributed by atoms with Crippen molar-refractivity contribution in [1.29, 1.82) is 0 Å². The summed E-state index contributed by atoms with van der Waals surface area (Å²) in [5.74, 6) is 0. The van der Waals surface area contributed by atoms with Crippen molar-refractivity contribution >= 4 is 17.6 Å². The molecule has 0 aromatic carbocycles. The topological polar surface area (TPSA) is 101 Å². The summed E-state index contributed by atoms with van der Waals surface area (Å²) in [6.07, 6.45) is 1.42. The van der Waals surface area contributed by atoms with Gasteiger partial charge in [-0.25, -0.2) is 9.78 Å². The third-order valence-corrected chi connectivity index (χ3v) is 1.62. The Hall–Kier alpha value is -2.18. The first kappa shape index (κ1) is 7.47. The molecule has 0 saturated carbocycles. The van der Waals surface area contributed by atoms with E-state index in [4.69, 9.17) is 0 Å². The van der Waals surface area contributed by atoms with Crippen LogP contribution in [-0.4, -0.2) is 25.9 Å². The van der Waals surface area contributed by atoms with Crippen molar-refractivity contribution in [2.75, 3.05) is 0 Å². The molecule has 7 nitrogen and oxygen atoms in total. The van der Waals surface area contributed by atoms with Gasteiger partial charge >= 0.3 is 5.69 Å². The van der Waals surface area contributed by atoms with Gasteiger partial charge in [0, 0.05) is 0 Å². The summed E-state index contributed by atoms with van der Waals surface area (Å²) in [5, 5.41) is 0. The molecule has 2 rings (SSSR count). The minimum absolute atomic E-state index is 0.103. The van der Waals surface area contributed by atoms with Crippen molar-refractivity contribution in [3.8, 4) is 0 Å². The molecule has 0 aliphatic heterocycles. The van der Waals surface area contributed by atoms with Crippen molar-refractivity contribution in [1.82, 2.24) is 19.5 Å². The van der Waals surface area contributed by atoms with Gasteiger partial charge in [-0.2, -0.15) is 4.57 Å². The minimum Gasteiger partial charge on any atom is -0.339 e. The van der Waals surface area contributed by atoms with Gasteiger partial charge in [-0.1, -0.05) is 0 Å². The summed E-state index contributed by atoms with van der Waals surface area (Å²) >= 11 is 0. The predicted molar refractivity (Wildman–Crippen MR) is 43.1 cm³/mol. The number of carbonyl (C=O) groups is 1. The standard InChI is InChI=1S/C6H4N4O3/c11-2-10-5(12)3-4(8-1-7-3)9-6(10)13/h1-2H,(H,7,8)(H,9,13). The van der Waals surface area contributed by atoms with Crippen LogP contribution in [-0.2, 0) is 4.79 Å². The van der Waals surface area contributed by atoms with Crippen LogP contribution in [0, 0.1) is 0 Å². The highest BCUT2D eigenvalue weighted by Gasteiger charge is 2.07. The van der Waals surface area contributed by atoms with Crippen LogP contribution in [0.3, 0.4) is 0 Å². The third kappa shape index (κ3) is 0.901. The summed E-state index contributed by atoms with van der Waals surface area (Å²) in [4.78, 5) is 41.1. The Bertz CT molecular complexity index is 575. The Morgan fingerprint density at radius 2 is 2.23 bits per heavy atom. The highest BCUT2D eigenvalue weighted by molar-refractivity contribution is 5.70. The molecule has 66 valence electrons. The number of nitrogens with zero attached hydrogens (tertiary/aromatic N) is 2. The van der Waals surface area contributed by atoms with Crippen molar-refractivity contribution in [3.05, 3.63) is 27.2 Å². The normalized spacial score (nSPS) is 10.5. The maximum atomic E-state index is 11.3. The Balaban J connectivity index is 3.11. The van der Waals surface area contributed by atoms with Crippen molar-refractivity contribution in [2.45, 2.75) is 0 Å². The summed E-state index contributed by atoms with van der Waals surface area (Å²) in [6.45, 7) is 0. The number of hydrogen-bond acceptors (Lipinski definition) is 4. The molecule has 2 N–H and O–H groups in total. The van der Waals surface area contributed by atoms with Gasteiger partial charge in [0.15, 0.2) is 5.65 Å². The first-order valence-corrected chi connectivity index (χ1v) is 3.37. The van der Waals surface area contributed by atoms with Crippen LogP contribution in [0.5, 0.6) is 0 Å². The molecule has 2 aromatic heterocycles. The van der Waals surface area contributed by atoms with Gasteiger partial charge in [-0.05, 0) is 0 Å². The Morgan fingerprint density at radius 1 is 1.46 bits per heavy atom. The summed E-state index contributed by atoms with van der Waals surface area (Å²) in [5.41, 5.74) is -1.24. The molecule has 13 heavy (non-hydrogen) atoms. The third-order valence-electron chi connectivity index (χ3n) is 1.62. The van der Waals surface area contributed by atoms with Crippen LogP contribution in [0.2, 0.25) is 0 Å². The lowest BCUT2D eigenvalue weighted by Gasteiger charge is -1.91. The number of imidazole rings is 1. The zero-order valence-electron chi connectivity index (χ0n) is 6.27. The van der Waals surface area contributed by atoms with E-state index in [2.05, 4.69) is 15.0 Å². The summed E-state index contributed by atoms with van der Waals surface area (Å²) in [7, 11) is 0. The maximum absolute atomic E-state index is 11.3. The number of rotatable bonds is 1. The average Bonchev–Trinajstić information content (AvgIpc) is 2.53. The smallest absolute Gasteiger partial charge is 0.336 e. The molecule has 0 amide bonds. The predicted octanol–water partition coefficient (Wildman–Crippen LogP) is -1.55. The summed E-state index contributed by atoms with van der Waals surface area (Å²) < 4.78 is 0.431. The summed E-state index contributed by atoms with van der Waals surface area (Å²) in [6, 6.07) is 0. The molecular weight excluding hydrogens is 176 g/mol. The van der Waals surface area contributed by atoms with Gasteiger partial charge in [0.1, 0.15) is 5.52 Å². The Labute approximate surface area is 70.0 Å². The maximum Gasteiger partial charge on any atom is 0.336 e. The van der Waals surface area contributed by atoms with Gasteiger partial charge < -0.3 is 4.98 Å². The lowest BCUT2D eigenvalue weighted by Crippen LogP contribution is -2.34. The molecule has 2 heterocycles. The van der Waals surface area contributed by atoms with E-state index in [0.717, 1.165) is 0 Å². The van der Waals surface area contributed by atoms with Crippen LogP contribution in [0.4, 0.5) is 0 Å². The van der Waals surface area contributed by atoms with E-state index in [1.54, 1.807) is 0 Å². The lowest BCUT2D eigenvalue weighted by atomic mass is 10.5. The number of carbonyl (C=O) groups excluding carboxylic acids is 1. The van der Waals surface area contributed by atoms with E-state index < -0.39 is 11.2 Å².